The number of hydrogen-bond acceptors (Lipinski definition) is 1. The van der Waals surface area contributed by atoms with Crippen molar-refractivity contribution in [1.29, 1.82) is 0 Å². The molecule has 1 nitrogen and oxygen atoms in total. The summed E-state index contributed by atoms with van der Waals surface area (Å²) in [5, 5.41) is 10.3. The standard InChI is InChI=1S/C46H31N/c1-2-11-41(12-3-1)47(42-25-20-33(21-26-42)38-18-14-32-8-4-5-10-37(32)30-38)43-27-22-34(23-28-43)39-24-29-45-40(31-39)19-17-36-16-15-35-9-6-7-13-44(35)46(36)45/h1-31H. The summed E-state index contributed by atoms with van der Waals surface area (Å²) >= 11 is 0. The van der Waals surface area contributed by atoms with Gasteiger partial charge in [0.25, 0.3) is 0 Å². The third-order valence-corrected chi connectivity index (χ3v) is 9.41. The lowest BCUT2D eigenvalue weighted by Gasteiger charge is -2.26. The Kier molecular flexibility index (Phi) is 6.54. The highest BCUT2D eigenvalue weighted by Gasteiger charge is 2.14. The maximum Gasteiger partial charge on any atom is 0.0462 e. The molecule has 9 aromatic carbocycles. The largest absolute Gasteiger partial charge is 0.311 e. The fourth-order valence-electron chi connectivity index (χ4n) is 7.01. The number of benzene rings is 9. The van der Waals surface area contributed by atoms with Crippen LogP contribution in [0.4, 0.5) is 17.1 Å². The summed E-state index contributed by atoms with van der Waals surface area (Å²) in [5.41, 5.74) is 8.23. The molecule has 9 aromatic rings. The fraction of sp³-hybridized carbons (Fsp3) is 0. The van der Waals surface area contributed by atoms with Gasteiger partial charge in [0.05, 0.1) is 0 Å². The zero-order chi connectivity index (χ0) is 31.2. The van der Waals surface area contributed by atoms with Crippen molar-refractivity contribution in [2.75, 3.05) is 4.90 Å². The number of rotatable bonds is 5. The van der Waals surface area contributed by atoms with Crippen molar-refractivity contribution < 1.29 is 0 Å². The molecule has 0 aliphatic carbocycles. The molecule has 0 aliphatic heterocycles. The van der Waals surface area contributed by atoms with E-state index >= 15 is 0 Å². The third kappa shape index (κ3) is 4.90. The van der Waals surface area contributed by atoms with Crippen LogP contribution in [0.15, 0.2) is 188 Å². The first kappa shape index (κ1) is 27.2. The van der Waals surface area contributed by atoms with Crippen LogP contribution < -0.4 is 4.90 Å². The molecule has 0 bridgehead atoms. The zero-order valence-corrected chi connectivity index (χ0v) is 25.8. The molecule has 0 amide bonds. The summed E-state index contributed by atoms with van der Waals surface area (Å²) in [6.45, 7) is 0. The Hall–Kier alpha value is -6.18. The Morgan fingerprint density at radius 1 is 0.255 bits per heavy atom. The van der Waals surface area contributed by atoms with E-state index in [0.717, 1.165) is 17.1 Å². The summed E-state index contributed by atoms with van der Waals surface area (Å²) in [6, 6.07) is 68.2. The third-order valence-electron chi connectivity index (χ3n) is 9.41. The predicted molar refractivity (Wildman–Crippen MR) is 202 cm³/mol. The molecule has 0 saturated heterocycles. The molecule has 0 radical (unpaired) electrons. The van der Waals surface area contributed by atoms with Gasteiger partial charge in [0.15, 0.2) is 0 Å². The minimum absolute atomic E-state index is 1.12. The van der Waals surface area contributed by atoms with E-state index in [1.807, 2.05) is 0 Å². The van der Waals surface area contributed by atoms with E-state index in [0.29, 0.717) is 0 Å². The zero-order valence-electron chi connectivity index (χ0n) is 25.8. The summed E-state index contributed by atoms with van der Waals surface area (Å²) < 4.78 is 0. The van der Waals surface area contributed by atoms with Crippen LogP contribution in [0.1, 0.15) is 0 Å². The van der Waals surface area contributed by atoms with Crippen molar-refractivity contribution >= 4 is 60.2 Å². The Labute approximate surface area is 274 Å². The van der Waals surface area contributed by atoms with Crippen molar-refractivity contribution in [3.8, 4) is 22.3 Å². The second kappa shape index (κ2) is 11.3. The normalized spacial score (nSPS) is 11.4. The topological polar surface area (TPSA) is 3.24 Å². The first-order valence-electron chi connectivity index (χ1n) is 16.2. The molecule has 47 heavy (non-hydrogen) atoms. The van der Waals surface area contributed by atoms with Crippen LogP contribution in [0.2, 0.25) is 0 Å². The van der Waals surface area contributed by atoms with E-state index in [1.54, 1.807) is 0 Å². The summed E-state index contributed by atoms with van der Waals surface area (Å²) in [5.74, 6) is 0. The van der Waals surface area contributed by atoms with Crippen molar-refractivity contribution in [3.05, 3.63) is 188 Å². The molecule has 9 rings (SSSR count). The van der Waals surface area contributed by atoms with Crippen LogP contribution in [0.25, 0.3) is 65.3 Å². The molecule has 0 aromatic heterocycles. The van der Waals surface area contributed by atoms with Crippen LogP contribution in [0, 0.1) is 0 Å². The van der Waals surface area contributed by atoms with E-state index in [9.17, 15) is 0 Å². The van der Waals surface area contributed by atoms with Gasteiger partial charge in [-0.3, -0.25) is 0 Å². The smallest absolute Gasteiger partial charge is 0.0462 e. The fourth-order valence-corrected chi connectivity index (χ4v) is 7.01. The molecule has 220 valence electrons. The Balaban J connectivity index is 1.07. The lowest BCUT2D eigenvalue weighted by Crippen LogP contribution is -2.09. The summed E-state index contributed by atoms with van der Waals surface area (Å²) in [6.07, 6.45) is 0. The minimum Gasteiger partial charge on any atom is -0.311 e. The second-order valence-corrected chi connectivity index (χ2v) is 12.2. The van der Waals surface area contributed by atoms with Gasteiger partial charge >= 0.3 is 0 Å². The number of anilines is 3. The van der Waals surface area contributed by atoms with Crippen molar-refractivity contribution in [1.82, 2.24) is 0 Å². The van der Waals surface area contributed by atoms with Crippen molar-refractivity contribution in [2.24, 2.45) is 0 Å². The molecule has 0 aliphatic rings. The number of para-hydroxylation sites is 1. The molecule has 0 heterocycles. The summed E-state index contributed by atoms with van der Waals surface area (Å²) in [4.78, 5) is 2.32. The van der Waals surface area contributed by atoms with Crippen molar-refractivity contribution in [3.63, 3.8) is 0 Å². The highest BCUT2D eigenvalue weighted by Crippen LogP contribution is 2.38. The van der Waals surface area contributed by atoms with E-state index in [1.165, 1.54) is 65.3 Å². The Morgan fingerprint density at radius 3 is 1.40 bits per heavy atom. The number of hydrogen-bond donors (Lipinski definition) is 0. The van der Waals surface area contributed by atoms with Gasteiger partial charge in [0.2, 0.25) is 0 Å². The van der Waals surface area contributed by atoms with Gasteiger partial charge < -0.3 is 4.90 Å². The quantitative estimate of drug-likeness (QED) is 0.178. The van der Waals surface area contributed by atoms with Gasteiger partial charge in [-0.25, -0.2) is 0 Å². The first-order chi connectivity index (χ1) is 23.3. The predicted octanol–water partition coefficient (Wildman–Crippen LogP) is 13.1. The van der Waals surface area contributed by atoms with Gasteiger partial charge in [-0.1, -0.05) is 140 Å². The van der Waals surface area contributed by atoms with Crippen LogP contribution in [0.5, 0.6) is 0 Å². The highest BCUT2D eigenvalue weighted by molar-refractivity contribution is 6.20. The Bertz CT molecular complexity index is 2550. The van der Waals surface area contributed by atoms with Crippen molar-refractivity contribution in [2.45, 2.75) is 0 Å². The molecule has 0 fully saturated rings. The molecule has 0 unspecified atom stereocenters. The van der Waals surface area contributed by atoms with E-state index < -0.39 is 0 Å². The average Bonchev–Trinajstić information content (AvgIpc) is 3.15. The van der Waals surface area contributed by atoms with Crippen LogP contribution in [0.3, 0.4) is 0 Å². The van der Waals surface area contributed by atoms with Crippen LogP contribution in [-0.4, -0.2) is 0 Å². The molecule has 0 atom stereocenters. The van der Waals surface area contributed by atoms with E-state index in [-0.39, 0.29) is 0 Å². The van der Waals surface area contributed by atoms with Crippen LogP contribution in [-0.2, 0) is 0 Å². The lowest BCUT2D eigenvalue weighted by molar-refractivity contribution is 1.28. The molecule has 1 heteroatoms. The van der Waals surface area contributed by atoms with Crippen LogP contribution >= 0.6 is 0 Å². The molecule has 0 N–H and O–H groups in total. The minimum atomic E-state index is 1.12. The number of fused-ring (bicyclic) bond motifs is 6. The molecular formula is C46H31N. The van der Waals surface area contributed by atoms with Gasteiger partial charge in [-0.15, -0.1) is 0 Å². The second-order valence-electron chi connectivity index (χ2n) is 12.2. The van der Waals surface area contributed by atoms with Gasteiger partial charge in [0, 0.05) is 17.1 Å². The highest BCUT2D eigenvalue weighted by atomic mass is 15.1. The monoisotopic (exact) mass is 597 g/mol. The van der Waals surface area contributed by atoms with E-state index in [4.69, 9.17) is 0 Å². The Morgan fingerprint density at radius 2 is 0.702 bits per heavy atom. The molecule has 0 saturated carbocycles. The maximum absolute atomic E-state index is 2.33. The maximum atomic E-state index is 2.33. The molecule has 0 spiro atoms. The van der Waals surface area contributed by atoms with E-state index in [2.05, 4.69) is 193 Å². The van der Waals surface area contributed by atoms with Gasteiger partial charge in [-0.2, -0.15) is 0 Å². The SMILES string of the molecule is c1ccc(N(c2ccc(-c3ccc4ccccc4c3)cc2)c2ccc(-c3ccc4c(ccc5ccc6ccccc6c54)c3)cc2)cc1. The van der Waals surface area contributed by atoms with Gasteiger partial charge in [-0.05, 0) is 114 Å². The summed E-state index contributed by atoms with van der Waals surface area (Å²) in [7, 11) is 0. The number of nitrogens with zero attached hydrogens (tertiary/aromatic N) is 1. The van der Waals surface area contributed by atoms with Gasteiger partial charge in [0.1, 0.15) is 0 Å². The first-order valence-corrected chi connectivity index (χ1v) is 16.2. The lowest BCUT2D eigenvalue weighted by atomic mass is 9.94. The average molecular weight is 598 g/mol. The molecular weight excluding hydrogens is 567 g/mol.